The highest BCUT2D eigenvalue weighted by molar-refractivity contribution is 5.54. The zero-order valence-corrected chi connectivity index (χ0v) is 10.8. The average molecular weight is 221 g/mol. The van der Waals surface area contributed by atoms with E-state index in [0.717, 1.165) is 42.0 Å². The van der Waals surface area contributed by atoms with Gasteiger partial charge in [-0.25, -0.2) is 0 Å². The summed E-state index contributed by atoms with van der Waals surface area (Å²) in [6, 6.07) is 4.02. The lowest BCUT2D eigenvalue weighted by Crippen LogP contribution is -2.11. The van der Waals surface area contributed by atoms with Gasteiger partial charge in [0.05, 0.1) is 6.61 Å². The molecule has 0 aliphatic rings. The second kappa shape index (κ2) is 5.78. The molecule has 2 N–H and O–H groups in total. The number of anilines is 1. The predicted molar refractivity (Wildman–Crippen MR) is 69.9 cm³/mol. The fourth-order valence-electron chi connectivity index (χ4n) is 1.74. The maximum atomic E-state index is 5.88. The van der Waals surface area contributed by atoms with Crippen molar-refractivity contribution in [2.24, 2.45) is 5.92 Å². The molecule has 0 saturated heterocycles. The van der Waals surface area contributed by atoms with Crippen molar-refractivity contribution in [3.8, 4) is 5.75 Å². The molecule has 0 unspecified atom stereocenters. The van der Waals surface area contributed by atoms with Crippen LogP contribution in [0.1, 0.15) is 37.8 Å². The summed E-state index contributed by atoms with van der Waals surface area (Å²) < 4.78 is 5.84. The molecule has 0 heterocycles. The molecule has 16 heavy (non-hydrogen) atoms. The van der Waals surface area contributed by atoms with E-state index < -0.39 is 0 Å². The van der Waals surface area contributed by atoms with E-state index >= 15 is 0 Å². The van der Waals surface area contributed by atoms with Crippen molar-refractivity contribution in [3.63, 3.8) is 0 Å². The van der Waals surface area contributed by atoms with Crippen LogP contribution in [0.5, 0.6) is 5.75 Å². The van der Waals surface area contributed by atoms with Crippen LogP contribution in [0, 0.1) is 19.8 Å². The minimum atomic E-state index is 0.641. The molecule has 0 aliphatic heterocycles. The van der Waals surface area contributed by atoms with Crippen molar-refractivity contribution in [2.75, 3.05) is 12.3 Å². The fraction of sp³-hybridized carbons (Fsp3) is 0.571. The van der Waals surface area contributed by atoms with Crippen LogP contribution in [0.3, 0.4) is 0 Å². The maximum absolute atomic E-state index is 5.88. The van der Waals surface area contributed by atoms with E-state index in [1.807, 2.05) is 13.0 Å². The number of nitrogens with two attached hydrogens (primary N) is 1. The molecule has 90 valence electrons. The highest BCUT2D eigenvalue weighted by Crippen LogP contribution is 2.25. The number of hydrogen-bond acceptors (Lipinski definition) is 2. The van der Waals surface area contributed by atoms with Gasteiger partial charge >= 0.3 is 0 Å². The Balaban J connectivity index is 2.70. The Hall–Kier alpha value is -1.18. The summed E-state index contributed by atoms with van der Waals surface area (Å²) in [5, 5.41) is 0. The van der Waals surface area contributed by atoms with Crippen LogP contribution < -0.4 is 10.5 Å². The standard InChI is InChI=1S/C14H23NO/c1-5-12(6-2)9-16-14-8-13(15)10(3)7-11(14)4/h7-8,12H,5-6,9,15H2,1-4H3. The number of benzene rings is 1. The zero-order chi connectivity index (χ0) is 12.1. The molecule has 1 rings (SSSR count). The molecule has 1 aromatic rings. The van der Waals surface area contributed by atoms with Crippen molar-refractivity contribution in [2.45, 2.75) is 40.5 Å². The summed E-state index contributed by atoms with van der Waals surface area (Å²) in [6.45, 7) is 9.28. The van der Waals surface area contributed by atoms with Crippen molar-refractivity contribution in [1.82, 2.24) is 0 Å². The van der Waals surface area contributed by atoms with Crippen molar-refractivity contribution >= 4 is 5.69 Å². The molecule has 0 aliphatic carbocycles. The molecular formula is C14H23NO. The van der Waals surface area contributed by atoms with Crippen LogP contribution in [0.25, 0.3) is 0 Å². The first-order chi connectivity index (χ1) is 7.58. The van der Waals surface area contributed by atoms with E-state index in [9.17, 15) is 0 Å². The van der Waals surface area contributed by atoms with Gasteiger partial charge in [-0.3, -0.25) is 0 Å². The van der Waals surface area contributed by atoms with Gasteiger partial charge in [0.15, 0.2) is 0 Å². The summed E-state index contributed by atoms with van der Waals surface area (Å²) in [5.74, 6) is 1.57. The van der Waals surface area contributed by atoms with E-state index in [1.54, 1.807) is 0 Å². The highest BCUT2D eigenvalue weighted by atomic mass is 16.5. The Morgan fingerprint density at radius 2 is 1.75 bits per heavy atom. The first-order valence-electron chi connectivity index (χ1n) is 6.08. The van der Waals surface area contributed by atoms with Crippen molar-refractivity contribution < 1.29 is 4.74 Å². The molecule has 2 nitrogen and oxygen atoms in total. The lowest BCUT2D eigenvalue weighted by Gasteiger charge is -2.16. The lowest BCUT2D eigenvalue weighted by molar-refractivity contribution is 0.239. The van der Waals surface area contributed by atoms with Gasteiger partial charge in [0.1, 0.15) is 5.75 Å². The lowest BCUT2D eigenvalue weighted by atomic mass is 10.1. The summed E-state index contributed by atoms with van der Waals surface area (Å²) >= 11 is 0. The molecule has 0 amide bonds. The molecular weight excluding hydrogens is 198 g/mol. The normalized spacial score (nSPS) is 10.8. The topological polar surface area (TPSA) is 35.2 Å². The molecule has 0 aromatic heterocycles. The maximum Gasteiger partial charge on any atom is 0.124 e. The van der Waals surface area contributed by atoms with Crippen LogP contribution in [0.2, 0.25) is 0 Å². The van der Waals surface area contributed by atoms with Gasteiger partial charge in [-0.2, -0.15) is 0 Å². The number of rotatable bonds is 5. The minimum Gasteiger partial charge on any atom is -0.493 e. The second-order valence-electron chi connectivity index (χ2n) is 4.47. The SMILES string of the molecule is CCC(CC)COc1cc(N)c(C)cc1C. The van der Waals surface area contributed by atoms with E-state index in [4.69, 9.17) is 10.5 Å². The van der Waals surface area contributed by atoms with Gasteiger partial charge in [-0.1, -0.05) is 32.8 Å². The minimum absolute atomic E-state index is 0.641. The number of aryl methyl sites for hydroxylation is 2. The van der Waals surface area contributed by atoms with Crippen molar-refractivity contribution in [1.29, 1.82) is 0 Å². The first-order valence-corrected chi connectivity index (χ1v) is 6.08. The van der Waals surface area contributed by atoms with Crippen LogP contribution in [0.4, 0.5) is 5.69 Å². The molecule has 0 saturated carbocycles. The van der Waals surface area contributed by atoms with Gasteiger partial charge in [0, 0.05) is 11.8 Å². The Morgan fingerprint density at radius 3 is 2.31 bits per heavy atom. The summed E-state index contributed by atoms with van der Waals surface area (Å²) in [7, 11) is 0. The largest absolute Gasteiger partial charge is 0.493 e. The fourth-order valence-corrected chi connectivity index (χ4v) is 1.74. The smallest absolute Gasteiger partial charge is 0.124 e. The first kappa shape index (κ1) is 12.9. The van der Waals surface area contributed by atoms with Crippen LogP contribution in [-0.4, -0.2) is 6.61 Å². The number of hydrogen-bond donors (Lipinski definition) is 1. The van der Waals surface area contributed by atoms with E-state index in [2.05, 4.69) is 26.8 Å². The van der Waals surface area contributed by atoms with Gasteiger partial charge in [0.2, 0.25) is 0 Å². The number of ether oxygens (including phenoxy) is 1. The zero-order valence-electron chi connectivity index (χ0n) is 10.8. The number of nitrogen functional groups attached to an aromatic ring is 1. The van der Waals surface area contributed by atoms with Gasteiger partial charge in [-0.15, -0.1) is 0 Å². The van der Waals surface area contributed by atoms with Crippen molar-refractivity contribution in [3.05, 3.63) is 23.3 Å². The predicted octanol–water partition coefficient (Wildman–Crippen LogP) is 3.70. The third kappa shape index (κ3) is 3.16. The second-order valence-corrected chi connectivity index (χ2v) is 4.47. The molecule has 1 aromatic carbocycles. The molecule has 0 bridgehead atoms. The van der Waals surface area contributed by atoms with Crippen LogP contribution >= 0.6 is 0 Å². The van der Waals surface area contributed by atoms with E-state index in [0.29, 0.717) is 5.92 Å². The Bertz CT molecular complexity index is 343. The molecule has 0 fully saturated rings. The molecule has 0 spiro atoms. The Morgan fingerprint density at radius 1 is 1.12 bits per heavy atom. The van der Waals surface area contributed by atoms with Crippen LogP contribution in [0.15, 0.2) is 12.1 Å². The quantitative estimate of drug-likeness (QED) is 0.769. The molecule has 2 heteroatoms. The van der Waals surface area contributed by atoms with Gasteiger partial charge in [0.25, 0.3) is 0 Å². The summed E-state index contributed by atoms with van der Waals surface area (Å²) in [4.78, 5) is 0. The summed E-state index contributed by atoms with van der Waals surface area (Å²) in [6.07, 6.45) is 2.33. The van der Waals surface area contributed by atoms with E-state index in [-0.39, 0.29) is 0 Å². The Labute approximate surface area is 98.8 Å². The third-order valence-corrected chi connectivity index (χ3v) is 3.19. The molecule has 0 atom stereocenters. The van der Waals surface area contributed by atoms with Gasteiger partial charge in [-0.05, 0) is 30.9 Å². The Kier molecular flexibility index (Phi) is 4.66. The van der Waals surface area contributed by atoms with E-state index in [1.165, 1.54) is 0 Å². The average Bonchev–Trinajstić information content (AvgIpc) is 2.26. The monoisotopic (exact) mass is 221 g/mol. The van der Waals surface area contributed by atoms with Crippen LogP contribution in [-0.2, 0) is 0 Å². The van der Waals surface area contributed by atoms with Gasteiger partial charge < -0.3 is 10.5 Å². The highest BCUT2D eigenvalue weighted by Gasteiger charge is 2.07. The summed E-state index contributed by atoms with van der Waals surface area (Å²) in [5.41, 5.74) is 8.97. The third-order valence-electron chi connectivity index (χ3n) is 3.19. The molecule has 0 radical (unpaired) electrons.